The van der Waals surface area contributed by atoms with Gasteiger partial charge in [-0.25, -0.2) is 0 Å². The summed E-state index contributed by atoms with van der Waals surface area (Å²) in [6.07, 6.45) is 0. The molecule has 0 N–H and O–H groups in total. The topological polar surface area (TPSA) is 12.5 Å². The van der Waals surface area contributed by atoms with Crippen LogP contribution in [0.1, 0.15) is 41.5 Å². The lowest BCUT2D eigenvalue weighted by molar-refractivity contribution is 0.162. The van der Waals surface area contributed by atoms with Crippen molar-refractivity contribution < 1.29 is 4.74 Å². The van der Waals surface area contributed by atoms with Crippen molar-refractivity contribution in [2.45, 2.75) is 47.6 Å². The summed E-state index contributed by atoms with van der Waals surface area (Å²) in [4.78, 5) is 2.36. The Morgan fingerprint density at radius 1 is 1.14 bits per heavy atom. The second kappa shape index (κ2) is 11.0. The van der Waals surface area contributed by atoms with E-state index in [1.807, 2.05) is 27.7 Å². The van der Waals surface area contributed by atoms with E-state index in [1.54, 1.807) is 0 Å². The van der Waals surface area contributed by atoms with E-state index in [-0.39, 0.29) is 0 Å². The highest BCUT2D eigenvalue weighted by Crippen LogP contribution is 2.16. The summed E-state index contributed by atoms with van der Waals surface area (Å²) in [6.45, 7) is 15.4. The van der Waals surface area contributed by atoms with Gasteiger partial charge in [-0.15, -0.1) is 0 Å². The number of nitrogens with zero attached hydrogens (tertiary/aromatic N) is 1. The summed E-state index contributed by atoms with van der Waals surface area (Å²) in [7, 11) is 2.16. The van der Waals surface area contributed by atoms with Gasteiger partial charge in [0.15, 0.2) is 0 Å². The molecule has 1 aliphatic rings. The summed E-state index contributed by atoms with van der Waals surface area (Å²) in [6, 6.07) is 0.657. The molecular weight excluding hydrogens is 174 g/mol. The van der Waals surface area contributed by atoms with Crippen molar-refractivity contribution in [1.29, 1.82) is 0 Å². The Labute approximate surface area is 90.6 Å². The van der Waals surface area contributed by atoms with Gasteiger partial charge in [0.05, 0.1) is 13.2 Å². The van der Waals surface area contributed by atoms with E-state index in [4.69, 9.17) is 4.74 Å². The van der Waals surface area contributed by atoms with Crippen LogP contribution in [0.2, 0.25) is 0 Å². The highest BCUT2D eigenvalue weighted by molar-refractivity contribution is 4.78. The minimum Gasteiger partial charge on any atom is -0.379 e. The lowest BCUT2D eigenvalue weighted by Gasteiger charge is -2.24. The average molecular weight is 203 g/mol. The van der Waals surface area contributed by atoms with Crippen LogP contribution in [0.3, 0.4) is 0 Å². The zero-order chi connectivity index (χ0) is 11.6. The van der Waals surface area contributed by atoms with Crippen molar-refractivity contribution in [2.24, 2.45) is 5.92 Å². The van der Waals surface area contributed by atoms with Crippen molar-refractivity contribution >= 4 is 0 Å². The molecule has 1 saturated heterocycles. The Bertz CT molecular complexity index is 106. The maximum absolute atomic E-state index is 5.35. The smallest absolute Gasteiger partial charge is 0.0625 e. The zero-order valence-corrected chi connectivity index (χ0v) is 11.1. The molecule has 1 rings (SSSR count). The molecule has 0 bridgehead atoms. The summed E-state index contributed by atoms with van der Waals surface area (Å²) < 4.78 is 5.35. The van der Waals surface area contributed by atoms with Crippen LogP contribution in [0.15, 0.2) is 0 Å². The molecule has 2 atom stereocenters. The largest absolute Gasteiger partial charge is 0.379 e. The first-order valence-electron chi connectivity index (χ1n) is 6.03. The number of rotatable bonds is 2. The van der Waals surface area contributed by atoms with Gasteiger partial charge in [-0.3, -0.25) is 0 Å². The summed E-state index contributed by atoms with van der Waals surface area (Å²) >= 11 is 0. The second-order valence-electron chi connectivity index (χ2n) is 3.16. The van der Waals surface area contributed by atoms with Gasteiger partial charge in [-0.1, -0.05) is 41.5 Å². The minimum absolute atomic E-state index is 0.657. The molecule has 0 aliphatic carbocycles. The molecule has 2 nitrogen and oxygen atoms in total. The first-order chi connectivity index (χ1) is 6.75. The van der Waals surface area contributed by atoms with Crippen molar-refractivity contribution in [3.05, 3.63) is 0 Å². The molecule has 0 amide bonds. The molecule has 1 aliphatic heterocycles. The van der Waals surface area contributed by atoms with Crippen LogP contribution in [0, 0.1) is 5.92 Å². The van der Waals surface area contributed by atoms with Gasteiger partial charge in [-0.2, -0.15) is 0 Å². The third-order valence-corrected chi connectivity index (χ3v) is 2.39. The Kier molecular flexibility index (Phi) is 12.8. The van der Waals surface area contributed by atoms with Crippen LogP contribution in [-0.2, 0) is 4.74 Å². The minimum atomic E-state index is 0.657. The molecule has 0 radical (unpaired) electrons. The standard InChI is InChI=1S/C8H17NO.2C2H6/c1-4-9(3)8-6-10-5-7(8)2;2*1-2/h7-8H,4-6H2,1-3H3;2*1-2H3/t7-,8-;;/m0../s1. The summed E-state index contributed by atoms with van der Waals surface area (Å²) in [5.41, 5.74) is 0. The van der Waals surface area contributed by atoms with E-state index in [0.29, 0.717) is 12.0 Å². The van der Waals surface area contributed by atoms with Crippen molar-refractivity contribution in [3.63, 3.8) is 0 Å². The number of likely N-dealkylation sites (N-methyl/N-ethyl adjacent to an activating group) is 1. The first-order valence-corrected chi connectivity index (χ1v) is 6.03. The fourth-order valence-electron chi connectivity index (χ4n) is 1.45. The SMILES string of the molecule is CC.CC.CCN(C)[C@H]1COC[C@@H]1C. The normalized spacial score (nSPS) is 24.9. The predicted molar refractivity (Wildman–Crippen MR) is 64.8 cm³/mol. The average Bonchev–Trinajstić information content (AvgIpc) is 2.69. The zero-order valence-electron chi connectivity index (χ0n) is 11.1. The van der Waals surface area contributed by atoms with Crippen LogP contribution in [-0.4, -0.2) is 37.7 Å². The molecule has 0 saturated carbocycles. The van der Waals surface area contributed by atoms with E-state index in [2.05, 4.69) is 25.8 Å². The van der Waals surface area contributed by atoms with Crippen molar-refractivity contribution in [1.82, 2.24) is 4.90 Å². The van der Waals surface area contributed by atoms with Gasteiger partial charge < -0.3 is 9.64 Å². The Hall–Kier alpha value is -0.0800. The molecule has 0 aromatic heterocycles. The summed E-state index contributed by atoms with van der Waals surface area (Å²) in [5.74, 6) is 0.713. The molecule has 1 heterocycles. The molecule has 0 unspecified atom stereocenters. The monoisotopic (exact) mass is 203 g/mol. The van der Waals surface area contributed by atoms with Crippen LogP contribution >= 0.6 is 0 Å². The Balaban J connectivity index is 0. The molecule has 14 heavy (non-hydrogen) atoms. The van der Waals surface area contributed by atoms with Gasteiger partial charge in [0.25, 0.3) is 0 Å². The first kappa shape index (κ1) is 16.4. The fraction of sp³-hybridized carbons (Fsp3) is 1.00. The predicted octanol–water partition coefficient (Wildman–Crippen LogP) is 3.03. The maximum Gasteiger partial charge on any atom is 0.0625 e. The summed E-state index contributed by atoms with van der Waals surface area (Å²) in [5, 5.41) is 0. The van der Waals surface area contributed by atoms with Gasteiger partial charge >= 0.3 is 0 Å². The quantitative estimate of drug-likeness (QED) is 0.684. The molecule has 0 aromatic rings. The lowest BCUT2D eigenvalue weighted by atomic mass is 10.1. The molecule has 1 fully saturated rings. The highest BCUT2D eigenvalue weighted by atomic mass is 16.5. The van der Waals surface area contributed by atoms with E-state index in [1.165, 1.54) is 0 Å². The third kappa shape index (κ3) is 5.61. The number of ether oxygens (including phenoxy) is 1. The van der Waals surface area contributed by atoms with Crippen molar-refractivity contribution in [3.8, 4) is 0 Å². The van der Waals surface area contributed by atoms with E-state index in [0.717, 1.165) is 19.8 Å². The Morgan fingerprint density at radius 3 is 1.93 bits per heavy atom. The van der Waals surface area contributed by atoms with Crippen LogP contribution in [0.4, 0.5) is 0 Å². The third-order valence-electron chi connectivity index (χ3n) is 2.39. The van der Waals surface area contributed by atoms with Gasteiger partial charge in [0, 0.05) is 6.04 Å². The molecule has 2 heteroatoms. The van der Waals surface area contributed by atoms with E-state index < -0.39 is 0 Å². The molecule has 0 aromatic carbocycles. The van der Waals surface area contributed by atoms with Crippen LogP contribution in [0.5, 0.6) is 0 Å². The van der Waals surface area contributed by atoms with Gasteiger partial charge in [0.2, 0.25) is 0 Å². The van der Waals surface area contributed by atoms with Crippen LogP contribution in [0.25, 0.3) is 0 Å². The number of hydrogen-bond acceptors (Lipinski definition) is 2. The fourth-order valence-corrected chi connectivity index (χ4v) is 1.45. The number of hydrogen-bond donors (Lipinski definition) is 0. The van der Waals surface area contributed by atoms with Crippen molar-refractivity contribution in [2.75, 3.05) is 26.8 Å². The second-order valence-corrected chi connectivity index (χ2v) is 3.16. The maximum atomic E-state index is 5.35. The van der Waals surface area contributed by atoms with Gasteiger partial charge in [0.1, 0.15) is 0 Å². The lowest BCUT2D eigenvalue weighted by Crippen LogP contribution is -2.36. The van der Waals surface area contributed by atoms with Gasteiger partial charge in [-0.05, 0) is 19.5 Å². The highest BCUT2D eigenvalue weighted by Gasteiger charge is 2.26. The van der Waals surface area contributed by atoms with Crippen LogP contribution < -0.4 is 0 Å². The molecular formula is C12H29NO. The molecule has 88 valence electrons. The van der Waals surface area contributed by atoms with E-state index >= 15 is 0 Å². The Morgan fingerprint density at radius 2 is 1.64 bits per heavy atom. The molecule has 0 spiro atoms. The van der Waals surface area contributed by atoms with E-state index in [9.17, 15) is 0 Å².